The van der Waals surface area contributed by atoms with Gasteiger partial charge >= 0.3 is 6.09 Å². The molecular formula is C13H19N3O3. The fourth-order valence-corrected chi connectivity index (χ4v) is 2.10. The molecule has 1 unspecified atom stereocenters. The van der Waals surface area contributed by atoms with Crippen molar-refractivity contribution in [2.75, 3.05) is 0 Å². The number of carbonyl (C=O) groups excluding carboxylic acids is 1. The Hall–Kier alpha value is -1.85. The first-order valence-electron chi connectivity index (χ1n) is 6.25. The summed E-state index contributed by atoms with van der Waals surface area (Å²) in [5.41, 5.74) is 0.745. The molecule has 2 rings (SSSR count). The van der Waals surface area contributed by atoms with E-state index in [2.05, 4.69) is 9.97 Å². The van der Waals surface area contributed by atoms with Crippen LogP contribution in [0.5, 0.6) is 5.88 Å². The van der Waals surface area contributed by atoms with E-state index in [9.17, 15) is 9.90 Å². The van der Waals surface area contributed by atoms with Crippen molar-refractivity contribution in [1.29, 1.82) is 0 Å². The lowest BCUT2D eigenvalue weighted by atomic mass is 10.2. The monoisotopic (exact) mass is 265 g/mol. The molecule has 1 atom stereocenters. The van der Waals surface area contributed by atoms with Gasteiger partial charge in [-0.1, -0.05) is 0 Å². The van der Waals surface area contributed by atoms with Crippen LogP contribution in [-0.2, 0) is 11.3 Å². The Morgan fingerprint density at radius 1 is 1.42 bits per heavy atom. The second kappa shape index (κ2) is 4.36. The number of amides is 1. The first-order valence-corrected chi connectivity index (χ1v) is 6.25. The van der Waals surface area contributed by atoms with E-state index in [1.54, 1.807) is 11.8 Å². The highest BCUT2D eigenvalue weighted by molar-refractivity contribution is 5.70. The Balaban J connectivity index is 2.26. The molecule has 1 aromatic heterocycles. The Bertz CT molecular complexity index is 523. The first-order chi connectivity index (χ1) is 8.69. The van der Waals surface area contributed by atoms with Gasteiger partial charge in [0.1, 0.15) is 11.4 Å². The zero-order valence-corrected chi connectivity index (χ0v) is 11.9. The second-order valence-corrected chi connectivity index (χ2v) is 5.74. The highest BCUT2D eigenvalue weighted by atomic mass is 16.6. The molecule has 0 bridgehead atoms. The minimum atomic E-state index is -0.546. The van der Waals surface area contributed by atoms with Crippen LogP contribution < -0.4 is 0 Å². The second-order valence-electron chi connectivity index (χ2n) is 5.74. The SMILES string of the molecule is Cc1nc(O)c2c(n1)C(C)N(C(=O)OC(C)(C)C)C2. The van der Waals surface area contributed by atoms with Crippen LogP contribution in [0.25, 0.3) is 0 Å². The Morgan fingerprint density at radius 3 is 2.63 bits per heavy atom. The summed E-state index contributed by atoms with van der Waals surface area (Å²) in [4.78, 5) is 21.9. The van der Waals surface area contributed by atoms with Crippen LogP contribution in [0.15, 0.2) is 0 Å². The van der Waals surface area contributed by atoms with Crippen LogP contribution >= 0.6 is 0 Å². The molecule has 104 valence electrons. The van der Waals surface area contributed by atoms with Crippen molar-refractivity contribution in [2.24, 2.45) is 0 Å². The number of hydrogen-bond acceptors (Lipinski definition) is 5. The zero-order chi connectivity index (χ0) is 14.4. The zero-order valence-electron chi connectivity index (χ0n) is 11.9. The molecule has 0 aromatic carbocycles. The Morgan fingerprint density at radius 2 is 2.05 bits per heavy atom. The summed E-state index contributed by atoms with van der Waals surface area (Å²) >= 11 is 0. The average molecular weight is 265 g/mol. The number of aromatic nitrogens is 2. The van der Waals surface area contributed by atoms with Crippen molar-refractivity contribution < 1.29 is 14.6 Å². The largest absolute Gasteiger partial charge is 0.493 e. The molecule has 0 saturated carbocycles. The average Bonchev–Trinajstić information content (AvgIpc) is 2.54. The molecule has 0 saturated heterocycles. The van der Waals surface area contributed by atoms with E-state index in [0.717, 1.165) is 0 Å². The van der Waals surface area contributed by atoms with E-state index in [4.69, 9.17) is 4.74 Å². The molecule has 6 nitrogen and oxygen atoms in total. The smallest absolute Gasteiger partial charge is 0.411 e. The molecule has 0 aliphatic carbocycles. The van der Waals surface area contributed by atoms with E-state index in [1.807, 2.05) is 27.7 Å². The lowest BCUT2D eigenvalue weighted by Crippen LogP contribution is -2.35. The van der Waals surface area contributed by atoms with Crippen molar-refractivity contribution in [3.05, 3.63) is 17.1 Å². The van der Waals surface area contributed by atoms with Gasteiger partial charge in [-0.3, -0.25) is 4.90 Å². The van der Waals surface area contributed by atoms with E-state index in [0.29, 0.717) is 17.1 Å². The molecule has 6 heteroatoms. The van der Waals surface area contributed by atoms with Gasteiger partial charge < -0.3 is 9.84 Å². The number of rotatable bonds is 0. The Kier molecular flexibility index (Phi) is 3.12. The van der Waals surface area contributed by atoms with Crippen molar-refractivity contribution in [1.82, 2.24) is 14.9 Å². The molecule has 19 heavy (non-hydrogen) atoms. The normalized spacial score (nSPS) is 18.4. The molecule has 1 N–H and O–H groups in total. The van der Waals surface area contributed by atoms with Gasteiger partial charge in [-0.05, 0) is 34.6 Å². The fourth-order valence-electron chi connectivity index (χ4n) is 2.10. The third kappa shape index (κ3) is 2.62. The van der Waals surface area contributed by atoms with Gasteiger partial charge in [0.2, 0.25) is 5.88 Å². The van der Waals surface area contributed by atoms with Crippen molar-refractivity contribution >= 4 is 6.09 Å². The standard InChI is InChI=1S/C13H19N3O3/c1-7-10-9(11(17)15-8(2)14-10)6-16(7)12(18)19-13(3,4)5/h7H,6H2,1-5H3,(H,14,15,17). The van der Waals surface area contributed by atoms with Crippen LogP contribution in [0, 0.1) is 6.92 Å². The van der Waals surface area contributed by atoms with Crippen molar-refractivity contribution in [3.8, 4) is 5.88 Å². The number of hydrogen-bond donors (Lipinski definition) is 1. The predicted octanol–water partition coefficient (Wildman–Crippen LogP) is 2.30. The van der Waals surface area contributed by atoms with Gasteiger partial charge in [-0.25, -0.2) is 9.78 Å². The molecule has 1 aromatic rings. The summed E-state index contributed by atoms with van der Waals surface area (Å²) in [5.74, 6) is 0.439. The minimum absolute atomic E-state index is 0.0552. The van der Waals surface area contributed by atoms with Crippen LogP contribution in [0.2, 0.25) is 0 Å². The first kappa shape index (κ1) is 13.6. The predicted molar refractivity (Wildman–Crippen MR) is 68.6 cm³/mol. The number of aryl methyl sites for hydroxylation is 1. The van der Waals surface area contributed by atoms with Crippen LogP contribution in [0.3, 0.4) is 0 Å². The quantitative estimate of drug-likeness (QED) is 0.779. The Labute approximate surface area is 112 Å². The number of nitrogens with zero attached hydrogens (tertiary/aromatic N) is 3. The highest BCUT2D eigenvalue weighted by Gasteiger charge is 2.36. The summed E-state index contributed by atoms with van der Waals surface area (Å²) in [6.07, 6.45) is -0.407. The molecular weight excluding hydrogens is 246 g/mol. The van der Waals surface area contributed by atoms with Gasteiger partial charge in [0.25, 0.3) is 0 Å². The molecule has 0 radical (unpaired) electrons. The maximum Gasteiger partial charge on any atom is 0.411 e. The number of aromatic hydroxyl groups is 1. The molecule has 1 amide bonds. The highest BCUT2D eigenvalue weighted by Crippen LogP contribution is 2.36. The lowest BCUT2D eigenvalue weighted by molar-refractivity contribution is 0.0185. The topological polar surface area (TPSA) is 75.6 Å². The molecule has 1 aliphatic heterocycles. The summed E-state index contributed by atoms with van der Waals surface area (Å²) in [6, 6.07) is -0.225. The van der Waals surface area contributed by atoms with Crippen molar-refractivity contribution in [2.45, 2.75) is 52.8 Å². The maximum absolute atomic E-state index is 12.1. The summed E-state index contributed by atoms with van der Waals surface area (Å²) in [7, 11) is 0. The number of carbonyl (C=O) groups is 1. The summed E-state index contributed by atoms with van der Waals surface area (Å²) in [6.45, 7) is 9.31. The van der Waals surface area contributed by atoms with Crippen LogP contribution in [-0.4, -0.2) is 31.7 Å². The number of fused-ring (bicyclic) bond motifs is 1. The van der Waals surface area contributed by atoms with E-state index >= 15 is 0 Å². The van der Waals surface area contributed by atoms with E-state index in [-0.39, 0.29) is 18.5 Å². The molecule has 1 aliphatic rings. The summed E-state index contributed by atoms with van der Waals surface area (Å²) < 4.78 is 5.35. The lowest BCUT2D eigenvalue weighted by Gasteiger charge is -2.26. The fraction of sp³-hybridized carbons (Fsp3) is 0.615. The third-order valence-electron chi connectivity index (χ3n) is 2.95. The molecule has 0 fully saturated rings. The van der Waals surface area contributed by atoms with E-state index in [1.165, 1.54) is 0 Å². The van der Waals surface area contributed by atoms with Gasteiger partial charge in [0.15, 0.2) is 0 Å². The molecule has 0 spiro atoms. The third-order valence-corrected chi connectivity index (χ3v) is 2.95. The van der Waals surface area contributed by atoms with Crippen molar-refractivity contribution in [3.63, 3.8) is 0 Å². The van der Waals surface area contributed by atoms with Gasteiger partial charge in [-0.15, -0.1) is 0 Å². The van der Waals surface area contributed by atoms with E-state index < -0.39 is 11.7 Å². The van der Waals surface area contributed by atoms with Gasteiger partial charge in [-0.2, -0.15) is 4.98 Å². The maximum atomic E-state index is 12.1. The molecule has 2 heterocycles. The van der Waals surface area contributed by atoms with Crippen LogP contribution in [0.1, 0.15) is 50.8 Å². The van der Waals surface area contributed by atoms with Gasteiger partial charge in [0, 0.05) is 0 Å². The summed E-state index contributed by atoms with van der Waals surface area (Å²) in [5, 5.41) is 9.83. The number of ether oxygens (including phenoxy) is 1. The van der Waals surface area contributed by atoms with Crippen LogP contribution in [0.4, 0.5) is 4.79 Å². The minimum Gasteiger partial charge on any atom is -0.493 e. The van der Waals surface area contributed by atoms with Gasteiger partial charge in [0.05, 0.1) is 23.8 Å².